The summed E-state index contributed by atoms with van der Waals surface area (Å²) in [4.78, 5) is 24.3. The van der Waals surface area contributed by atoms with Gasteiger partial charge in [-0.25, -0.2) is 0 Å². The van der Waals surface area contributed by atoms with E-state index in [1.54, 1.807) is 31.4 Å². The first-order valence-electron chi connectivity index (χ1n) is 9.58. The molecule has 0 atom stereocenters. The van der Waals surface area contributed by atoms with Gasteiger partial charge < -0.3 is 26.4 Å². The van der Waals surface area contributed by atoms with Gasteiger partial charge in [-0.1, -0.05) is 18.2 Å². The molecule has 164 valence electrons. The predicted molar refractivity (Wildman–Crippen MR) is 134 cm³/mol. The maximum atomic E-state index is 12.2. The fraction of sp³-hybridized carbons (Fsp3) is 0.0870. The zero-order valence-corrected chi connectivity index (χ0v) is 18.9. The first kappa shape index (κ1) is 23.1. The number of nitrogens with two attached hydrogens (primary N) is 1. The number of hydrogen-bond donors (Lipinski definition) is 4. The van der Waals surface area contributed by atoms with Crippen LogP contribution in [0.5, 0.6) is 5.75 Å². The van der Waals surface area contributed by atoms with Crippen molar-refractivity contribution in [2.45, 2.75) is 4.90 Å². The summed E-state index contributed by atoms with van der Waals surface area (Å²) in [5.41, 5.74) is 7.77. The lowest BCUT2D eigenvalue weighted by Gasteiger charge is -2.13. The Balaban J connectivity index is 1.52. The molecule has 0 saturated carbocycles. The van der Waals surface area contributed by atoms with Gasteiger partial charge in [0.25, 0.3) is 0 Å². The van der Waals surface area contributed by atoms with E-state index in [4.69, 9.17) is 22.7 Å². The molecule has 0 aliphatic carbocycles. The summed E-state index contributed by atoms with van der Waals surface area (Å²) in [6.45, 7) is 0. The van der Waals surface area contributed by atoms with Crippen molar-refractivity contribution in [3.63, 3.8) is 0 Å². The lowest BCUT2D eigenvalue weighted by atomic mass is 10.2. The van der Waals surface area contributed by atoms with Gasteiger partial charge in [-0.2, -0.15) is 0 Å². The fourth-order valence-electron chi connectivity index (χ4n) is 2.76. The van der Waals surface area contributed by atoms with E-state index >= 15 is 0 Å². The van der Waals surface area contributed by atoms with Crippen molar-refractivity contribution in [2.24, 2.45) is 5.73 Å². The highest BCUT2D eigenvalue weighted by Crippen LogP contribution is 2.25. The summed E-state index contributed by atoms with van der Waals surface area (Å²) in [6, 6.07) is 21.5. The van der Waals surface area contributed by atoms with E-state index in [1.807, 2.05) is 48.5 Å². The molecule has 0 radical (unpaired) electrons. The number of hydrogen-bond acceptors (Lipinski definition) is 5. The Morgan fingerprint density at radius 3 is 2.41 bits per heavy atom. The SMILES string of the molecule is COc1ccccc1NC(=S)Nc1cccc(SCC(=O)Nc2ccc(C(N)=O)cc2)c1. The lowest BCUT2D eigenvalue weighted by Crippen LogP contribution is -2.19. The molecule has 0 spiro atoms. The van der Waals surface area contributed by atoms with Crippen molar-refractivity contribution in [2.75, 3.05) is 28.8 Å². The van der Waals surface area contributed by atoms with E-state index < -0.39 is 5.91 Å². The minimum Gasteiger partial charge on any atom is -0.495 e. The first-order valence-corrected chi connectivity index (χ1v) is 11.0. The number of carbonyl (C=O) groups is 2. The van der Waals surface area contributed by atoms with Crippen LogP contribution in [0.25, 0.3) is 0 Å². The zero-order valence-electron chi connectivity index (χ0n) is 17.3. The number of thiocarbonyl (C=S) groups is 1. The third-order valence-electron chi connectivity index (χ3n) is 4.27. The number of benzene rings is 3. The van der Waals surface area contributed by atoms with Gasteiger partial charge in [0.05, 0.1) is 18.6 Å². The summed E-state index contributed by atoms with van der Waals surface area (Å²) in [5, 5.41) is 9.47. The summed E-state index contributed by atoms with van der Waals surface area (Å²) in [7, 11) is 1.60. The number of para-hydroxylation sites is 2. The molecule has 3 rings (SSSR count). The Morgan fingerprint density at radius 2 is 1.69 bits per heavy atom. The second kappa shape index (κ2) is 11.2. The number of rotatable bonds is 8. The van der Waals surface area contributed by atoms with Gasteiger partial charge in [0, 0.05) is 21.8 Å². The number of thioether (sulfide) groups is 1. The maximum Gasteiger partial charge on any atom is 0.248 e. The number of anilines is 3. The molecule has 0 fully saturated rings. The molecule has 0 aliphatic rings. The largest absolute Gasteiger partial charge is 0.495 e. The van der Waals surface area contributed by atoms with E-state index in [-0.39, 0.29) is 11.7 Å². The number of nitrogens with one attached hydrogen (secondary N) is 3. The molecule has 0 bridgehead atoms. The average Bonchev–Trinajstić information content (AvgIpc) is 2.78. The van der Waals surface area contributed by atoms with E-state index in [9.17, 15) is 9.59 Å². The minimum absolute atomic E-state index is 0.159. The Morgan fingerprint density at radius 1 is 0.938 bits per heavy atom. The summed E-state index contributed by atoms with van der Waals surface area (Å²) >= 11 is 6.79. The van der Waals surface area contributed by atoms with E-state index in [0.717, 1.165) is 16.3 Å². The van der Waals surface area contributed by atoms with Gasteiger partial charge in [0.15, 0.2) is 5.11 Å². The van der Waals surface area contributed by atoms with Crippen molar-refractivity contribution in [1.29, 1.82) is 0 Å². The standard InChI is InChI=1S/C23H22N4O3S2/c1-30-20-8-3-2-7-19(20)27-23(31)26-17-5-4-6-18(13-17)32-14-21(28)25-16-11-9-15(10-12-16)22(24)29/h2-13H,14H2,1H3,(H2,24,29)(H,25,28)(H2,26,27,31). The second-order valence-electron chi connectivity index (χ2n) is 6.59. The lowest BCUT2D eigenvalue weighted by molar-refractivity contribution is -0.113. The summed E-state index contributed by atoms with van der Waals surface area (Å²) < 4.78 is 5.32. The Bertz CT molecular complexity index is 1120. The molecule has 0 aliphatic heterocycles. The summed E-state index contributed by atoms with van der Waals surface area (Å²) in [6.07, 6.45) is 0. The van der Waals surface area contributed by atoms with Crippen LogP contribution in [0.3, 0.4) is 0 Å². The molecule has 0 saturated heterocycles. The number of primary amides is 1. The first-order chi connectivity index (χ1) is 15.4. The smallest absolute Gasteiger partial charge is 0.248 e. The van der Waals surface area contributed by atoms with Crippen molar-refractivity contribution in [3.8, 4) is 5.75 Å². The van der Waals surface area contributed by atoms with Crippen molar-refractivity contribution in [1.82, 2.24) is 0 Å². The highest BCUT2D eigenvalue weighted by atomic mass is 32.2. The van der Waals surface area contributed by atoms with Gasteiger partial charge in [0.2, 0.25) is 11.8 Å². The molecule has 3 aromatic rings. The van der Waals surface area contributed by atoms with Crippen molar-refractivity contribution in [3.05, 3.63) is 78.4 Å². The molecule has 0 aromatic heterocycles. The number of carbonyl (C=O) groups excluding carboxylic acids is 2. The van der Waals surface area contributed by atoms with Gasteiger partial charge in [0.1, 0.15) is 5.75 Å². The molecule has 3 aromatic carbocycles. The van der Waals surface area contributed by atoms with Crippen LogP contribution in [-0.2, 0) is 4.79 Å². The van der Waals surface area contributed by atoms with Gasteiger partial charge in [-0.15, -0.1) is 11.8 Å². The van der Waals surface area contributed by atoms with E-state index in [0.29, 0.717) is 22.1 Å². The molecule has 32 heavy (non-hydrogen) atoms. The second-order valence-corrected chi connectivity index (χ2v) is 8.04. The van der Waals surface area contributed by atoms with Crippen LogP contribution >= 0.6 is 24.0 Å². The third kappa shape index (κ3) is 6.73. The minimum atomic E-state index is -0.510. The summed E-state index contributed by atoms with van der Waals surface area (Å²) in [5.74, 6) is 0.250. The van der Waals surface area contributed by atoms with Crippen LogP contribution in [0.2, 0.25) is 0 Å². The van der Waals surface area contributed by atoms with Gasteiger partial charge >= 0.3 is 0 Å². The third-order valence-corrected chi connectivity index (χ3v) is 5.47. The van der Waals surface area contributed by atoms with Crippen LogP contribution in [0, 0.1) is 0 Å². The molecule has 9 heteroatoms. The van der Waals surface area contributed by atoms with Crippen LogP contribution in [0.4, 0.5) is 17.1 Å². The molecule has 2 amide bonds. The van der Waals surface area contributed by atoms with E-state index in [1.165, 1.54) is 11.8 Å². The number of methoxy groups -OCH3 is 1. The van der Waals surface area contributed by atoms with Gasteiger partial charge in [-0.05, 0) is 66.8 Å². The topological polar surface area (TPSA) is 105 Å². The zero-order chi connectivity index (χ0) is 22.9. The Hall–Kier alpha value is -3.56. The predicted octanol–water partition coefficient (Wildman–Crippen LogP) is 4.33. The maximum absolute atomic E-state index is 12.2. The monoisotopic (exact) mass is 466 g/mol. The Labute approximate surface area is 195 Å². The Kier molecular flexibility index (Phi) is 8.07. The molecular formula is C23H22N4O3S2. The fourth-order valence-corrected chi connectivity index (χ4v) is 3.74. The molecule has 0 unspecified atom stereocenters. The van der Waals surface area contributed by atoms with Crippen LogP contribution in [0.1, 0.15) is 10.4 Å². The highest BCUT2D eigenvalue weighted by Gasteiger charge is 2.07. The molecule has 0 heterocycles. The number of ether oxygens (including phenoxy) is 1. The van der Waals surface area contributed by atoms with Crippen molar-refractivity contribution >= 4 is 58.0 Å². The van der Waals surface area contributed by atoms with Gasteiger partial charge in [-0.3, -0.25) is 9.59 Å². The molecule has 7 nitrogen and oxygen atoms in total. The molecular weight excluding hydrogens is 444 g/mol. The van der Waals surface area contributed by atoms with Crippen LogP contribution in [0.15, 0.2) is 77.7 Å². The quantitative estimate of drug-likeness (QED) is 0.289. The van der Waals surface area contributed by atoms with Crippen molar-refractivity contribution < 1.29 is 14.3 Å². The normalized spacial score (nSPS) is 10.2. The van der Waals surface area contributed by atoms with Crippen LogP contribution in [-0.4, -0.2) is 29.8 Å². The molecule has 5 N–H and O–H groups in total. The van der Waals surface area contributed by atoms with Crippen LogP contribution < -0.4 is 26.4 Å². The van der Waals surface area contributed by atoms with E-state index in [2.05, 4.69) is 16.0 Å². The number of amides is 2. The average molecular weight is 467 g/mol. The highest BCUT2D eigenvalue weighted by molar-refractivity contribution is 8.00.